The summed E-state index contributed by atoms with van der Waals surface area (Å²) in [5.74, 6) is 0.186. The standard InChI is InChI=1S/C20H24ClN3OS/c1-22-11-13-23(14-12-22)9-4-10-24-16-5-2-3-6-17(16)26-18-8-7-15(21)20(25)19(18)24/h2-3,5-8,25H,4,9-14H2,1H3. The number of halogens is 1. The third kappa shape index (κ3) is 3.54. The maximum absolute atomic E-state index is 10.6. The number of aromatic hydroxyl groups is 1. The van der Waals surface area contributed by atoms with Crippen LogP contribution in [0.4, 0.5) is 11.4 Å². The molecule has 1 fully saturated rings. The molecule has 6 heteroatoms. The van der Waals surface area contributed by atoms with Crippen molar-refractivity contribution in [3.63, 3.8) is 0 Å². The van der Waals surface area contributed by atoms with Crippen molar-refractivity contribution in [3.05, 3.63) is 41.4 Å². The number of likely N-dealkylation sites (N-methyl/N-ethyl adjacent to an activating group) is 1. The number of benzene rings is 2. The van der Waals surface area contributed by atoms with E-state index in [1.54, 1.807) is 17.8 Å². The Morgan fingerprint density at radius 1 is 1.00 bits per heavy atom. The number of nitrogens with zero attached hydrogens (tertiary/aromatic N) is 3. The molecule has 0 atom stereocenters. The number of phenolic OH excluding ortho intramolecular Hbond substituents is 1. The number of piperazine rings is 1. The van der Waals surface area contributed by atoms with Crippen LogP contribution in [-0.4, -0.2) is 61.2 Å². The molecule has 0 spiro atoms. The summed E-state index contributed by atoms with van der Waals surface area (Å²) in [6, 6.07) is 12.2. The molecular weight excluding hydrogens is 366 g/mol. The monoisotopic (exact) mass is 389 g/mol. The van der Waals surface area contributed by atoms with E-state index in [2.05, 4.69) is 46.0 Å². The van der Waals surface area contributed by atoms with E-state index in [1.807, 2.05) is 6.07 Å². The molecule has 0 unspecified atom stereocenters. The Morgan fingerprint density at radius 2 is 1.77 bits per heavy atom. The number of anilines is 2. The summed E-state index contributed by atoms with van der Waals surface area (Å²) in [6.07, 6.45) is 1.05. The molecule has 1 saturated heterocycles. The Hall–Kier alpha value is -1.40. The van der Waals surface area contributed by atoms with E-state index in [4.69, 9.17) is 11.6 Å². The molecule has 2 aromatic rings. The smallest absolute Gasteiger partial charge is 0.159 e. The van der Waals surface area contributed by atoms with Gasteiger partial charge in [0, 0.05) is 42.5 Å². The van der Waals surface area contributed by atoms with Crippen LogP contribution in [0.1, 0.15) is 6.42 Å². The largest absolute Gasteiger partial charge is 0.504 e. The highest BCUT2D eigenvalue weighted by molar-refractivity contribution is 7.99. The van der Waals surface area contributed by atoms with Crippen LogP contribution in [0, 0.1) is 0 Å². The van der Waals surface area contributed by atoms with Crippen LogP contribution in [0.5, 0.6) is 5.75 Å². The van der Waals surface area contributed by atoms with Gasteiger partial charge in [-0.25, -0.2) is 0 Å². The molecule has 4 rings (SSSR count). The van der Waals surface area contributed by atoms with E-state index in [0.29, 0.717) is 5.02 Å². The molecule has 138 valence electrons. The number of hydrogen-bond acceptors (Lipinski definition) is 5. The average molecular weight is 390 g/mol. The van der Waals surface area contributed by atoms with Gasteiger partial charge in [0.2, 0.25) is 0 Å². The minimum atomic E-state index is 0.186. The van der Waals surface area contributed by atoms with Gasteiger partial charge in [-0.2, -0.15) is 0 Å². The SMILES string of the molecule is CN1CCN(CCCN2c3ccccc3Sc3ccc(Cl)c(O)c32)CC1. The van der Waals surface area contributed by atoms with Crippen LogP contribution < -0.4 is 4.90 Å². The zero-order valence-electron chi connectivity index (χ0n) is 15.0. The highest BCUT2D eigenvalue weighted by atomic mass is 35.5. The van der Waals surface area contributed by atoms with Gasteiger partial charge in [0.1, 0.15) is 0 Å². The number of fused-ring (bicyclic) bond motifs is 2. The summed E-state index contributed by atoms with van der Waals surface area (Å²) in [7, 11) is 2.18. The van der Waals surface area contributed by atoms with E-state index >= 15 is 0 Å². The van der Waals surface area contributed by atoms with Gasteiger partial charge in [0.15, 0.2) is 5.75 Å². The molecule has 2 aliphatic rings. The van der Waals surface area contributed by atoms with Crippen molar-refractivity contribution >= 4 is 34.7 Å². The number of phenols is 1. The number of hydrogen-bond donors (Lipinski definition) is 1. The summed E-state index contributed by atoms with van der Waals surface area (Å²) in [5.41, 5.74) is 2.00. The van der Waals surface area contributed by atoms with Crippen molar-refractivity contribution in [2.45, 2.75) is 16.2 Å². The molecule has 0 aromatic heterocycles. The lowest BCUT2D eigenvalue weighted by Gasteiger charge is -2.35. The molecule has 0 bridgehead atoms. The molecule has 0 amide bonds. The lowest BCUT2D eigenvalue weighted by atomic mass is 10.2. The van der Waals surface area contributed by atoms with Crippen LogP contribution in [0.2, 0.25) is 5.02 Å². The summed E-state index contributed by atoms with van der Waals surface area (Å²) in [4.78, 5) is 9.43. The Morgan fingerprint density at radius 3 is 2.58 bits per heavy atom. The minimum Gasteiger partial charge on any atom is -0.504 e. The second kappa shape index (κ2) is 7.69. The van der Waals surface area contributed by atoms with Gasteiger partial charge < -0.3 is 19.8 Å². The van der Waals surface area contributed by atoms with Crippen molar-refractivity contribution in [1.29, 1.82) is 0 Å². The van der Waals surface area contributed by atoms with Crippen molar-refractivity contribution in [2.24, 2.45) is 0 Å². The first-order valence-corrected chi connectivity index (χ1v) is 10.3. The topological polar surface area (TPSA) is 30.0 Å². The zero-order valence-corrected chi connectivity index (χ0v) is 16.6. The maximum Gasteiger partial charge on any atom is 0.159 e. The molecule has 0 aliphatic carbocycles. The Bertz CT molecular complexity index is 793. The van der Waals surface area contributed by atoms with Crippen LogP contribution >= 0.6 is 23.4 Å². The van der Waals surface area contributed by atoms with Gasteiger partial charge >= 0.3 is 0 Å². The molecule has 4 nitrogen and oxygen atoms in total. The quantitative estimate of drug-likeness (QED) is 0.842. The second-order valence-corrected chi connectivity index (χ2v) is 8.45. The zero-order chi connectivity index (χ0) is 18.1. The fourth-order valence-corrected chi connectivity index (χ4v) is 4.90. The van der Waals surface area contributed by atoms with E-state index in [-0.39, 0.29) is 5.75 Å². The molecule has 1 N–H and O–H groups in total. The lowest BCUT2D eigenvalue weighted by molar-refractivity contribution is 0.153. The van der Waals surface area contributed by atoms with E-state index in [1.165, 1.54) is 4.90 Å². The summed E-state index contributed by atoms with van der Waals surface area (Å²) in [6.45, 7) is 6.50. The number of rotatable bonds is 4. The Balaban J connectivity index is 1.54. The van der Waals surface area contributed by atoms with Crippen molar-refractivity contribution in [3.8, 4) is 5.75 Å². The normalized spacial score (nSPS) is 17.8. The molecule has 0 saturated carbocycles. The maximum atomic E-state index is 10.6. The molecule has 2 heterocycles. The van der Waals surface area contributed by atoms with E-state index < -0.39 is 0 Å². The van der Waals surface area contributed by atoms with Gasteiger partial charge in [-0.05, 0) is 44.3 Å². The molecule has 2 aromatic carbocycles. The highest BCUT2D eigenvalue weighted by Crippen LogP contribution is 2.53. The van der Waals surface area contributed by atoms with Crippen molar-refractivity contribution in [1.82, 2.24) is 9.80 Å². The first-order valence-electron chi connectivity index (χ1n) is 9.10. The minimum absolute atomic E-state index is 0.186. The summed E-state index contributed by atoms with van der Waals surface area (Å²) >= 11 is 7.90. The van der Waals surface area contributed by atoms with Crippen molar-refractivity contribution in [2.75, 3.05) is 51.2 Å². The molecular formula is C20H24ClN3OS. The van der Waals surface area contributed by atoms with E-state index in [0.717, 1.165) is 62.0 Å². The molecule has 0 radical (unpaired) electrons. The van der Waals surface area contributed by atoms with Gasteiger partial charge in [0.05, 0.1) is 16.4 Å². The summed E-state index contributed by atoms with van der Waals surface area (Å²) in [5, 5.41) is 11.0. The van der Waals surface area contributed by atoms with Crippen LogP contribution in [0.25, 0.3) is 0 Å². The van der Waals surface area contributed by atoms with Gasteiger partial charge in [-0.3, -0.25) is 0 Å². The molecule has 2 aliphatic heterocycles. The van der Waals surface area contributed by atoms with Gasteiger partial charge in [-0.1, -0.05) is 35.5 Å². The number of para-hydroxylation sites is 1. The fourth-order valence-electron chi connectivity index (χ4n) is 3.64. The average Bonchev–Trinajstić information content (AvgIpc) is 2.66. The first-order chi connectivity index (χ1) is 12.6. The van der Waals surface area contributed by atoms with Gasteiger partial charge in [0.25, 0.3) is 0 Å². The second-order valence-electron chi connectivity index (χ2n) is 6.96. The fraction of sp³-hybridized carbons (Fsp3) is 0.400. The van der Waals surface area contributed by atoms with Crippen molar-refractivity contribution < 1.29 is 5.11 Å². The lowest BCUT2D eigenvalue weighted by Crippen LogP contribution is -2.45. The predicted octanol–water partition coefficient (Wildman–Crippen LogP) is 4.29. The Kier molecular flexibility index (Phi) is 5.32. The molecule has 26 heavy (non-hydrogen) atoms. The summed E-state index contributed by atoms with van der Waals surface area (Å²) < 4.78 is 0. The highest BCUT2D eigenvalue weighted by Gasteiger charge is 2.27. The van der Waals surface area contributed by atoms with Crippen LogP contribution in [0.3, 0.4) is 0 Å². The third-order valence-corrected chi connectivity index (χ3v) is 6.58. The van der Waals surface area contributed by atoms with Gasteiger partial charge in [-0.15, -0.1) is 0 Å². The first kappa shape index (κ1) is 18.0. The predicted molar refractivity (Wildman–Crippen MR) is 109 cm³/mol. The third-order valence-electron chi connectivity index (χ3n) is 5.16. The van der Waals surface area contributed by atoms with E-state index in [9.17, 15) is 5.11 Å². The van der Waals surface area contributed by atoms with Crippen LogP contribution in [-0.2, 0) is 0 Å². The Labute approximate surface area is 164 Å². The van der Waals surface area contributed by atoms with Crippen LogP contribution in [0.15, 0.2) is 46.2 Å².